The van der Waals surface area contributed by atoms with Gasteiger partial charge in [-0.2, -0.15) is 13.2 Å². The first kappa shape index (κ1) is 34.1. The number of aryl methyl sites for hydroxylation is 1. The number of likely N-dealkylation sites (tertiary alicyclic amines) is 2. The van der Waals surface area contributed by atoms with Crippen molar-refractivity contribution in [1.29, 1.82) is 0 Å². The molecule has 2 aliphatic heterocycles. The van der Waals surface area contributed by atoms with Crippen LogP contribution in [0, 0.1) is 18.2 Å². The van der Waals surface area contributed by atoms with Gasteiger partial charge in [-0.3, -0.25) is 9.69 Å². The van der Waals surface area contributed by atoms with Crippen molar-refractivity contribution < 1.29 is 27.5 Å². The quantitative estimate of drug-likeness (QED) is 0.279. The fourth-order valence-corrected chi connectivity index (χ4v) is 7.62. The summed E-state index contributed by atoms with van der Waals surface area (Å²) < 4.78 is 51.8. The molecule has 5 nitrogen and oxygen atoms in total. The topological polar surface area (TPSA) is 56.7 Å². The molecule has 2 unspecified atom stereocenters. The highest BCUT2D eigenvalue weighted by Crippen LogP contribution is 2.36. The maximum atomic E-state index is 13.3. The van der Waals surface area contributed by atoms with Crippen LogP contribution < -0.4 is 0 Å². The van der Waals surface area contributed by atoms with Crippen molar-refractivity contribution in [2.75, 3.05) is 33.2 Å². The van der Waals surface area contributed by atoms with E-state index in [1.165, 1.54) is 23.1 Å². The molecule has 3 heterocycles. The van der Waals surface area contributed by atoms with Crippen LogP contribution in [0.2, 0.25) is 0 Å². The van der Waals surface area contributed by atoms with Gasteiger partial charge in [0.15, 0.2) is 0 Å². The number of hydrogen-bond donors (Lipinski definition) is 1. The largest absolute Gasteiger partial charge is 0.480 e. The van der Waals surface area contributed by atoms with E-state index in [0.29, 0.717) is 24.4 Å². The van der Waals surface area contributed by atoms with Gasteiger partial charge in [0.05, 0.1) is 16.3 Å². The Hall–Kier alpha value is -2.82. The highest BCUT2D eigenvalue weighted by molar-refractivity contribution is 7.11. The van der Waals surface area contributed by atoms with E-state index < -0.39 is 23.8 Å². The molecule has 240 valence electrons. The number of halogens is 4. The molecule has 3 aromatic rings. The highest BCUT2D eigenvalue weighted by Gasteiger charge is 2.40. The first-order chi connectivity index (χ1) is 20.6. The number of aliphatic carboxylic acids is 1. The Balaban J connectivity index is 0.000000204. The number of benzene rings is 2. The predicted octanol–water partition coefficient (Wildman–Crippen LogP) is 7.98. The second-order valence-corrected chi connectivity index (χ2v) is 14.3. The number of alkyl halides is 3. The van der Waals surface area contributed by atoms with Crippen LogP contribution in [0.1, 0.15) is 84.1 Å². The lowest BCUT2D eigenvalue weighted by atomic mass is 9.85. The zero-order chi connectivity index (χ0) is 32.2. The molecule has 0 saturated carbocycles. The summed E-state index contributed by atoms with van der Waals surface area (Å²) in [6.07, 6.45) is -0.704. The van der Waals surface area contributed by atoms with Crippen molar-refractivity contribution in [3.63, 3.8) is 0 Å². The zero-order valence-electron chi connectivity index (χ0n) is 26.1. The molecule has 2 aromatic carbocycles. The normalized spacial score (nSPS) is 19.4. The molecule has 10 heteroatoms. The molecule has 0 radical (unpaired) electrons. The third-order valence-electron chi connectivity index (χ3n) is 8.53. The molecule has 0 aliphatic carbocycles. The second kappa shape index (κ2) is 14.1. The fourth-order valence-electron chi connectivity index (χ4n) is 6.35. The van der Waals surface area contributed by atoms with Gasteiger partial charge >= 0.3 is 12.1 Å². The Morgan fingerprint density at radius 1 is 1.02 bits per heavy atom. The van der Waals surface area contributed by atoms with Crippen LogP contribution in [-0.4, -0.2) is 65.1 Å². The van der Waals surface area contributed by atoms with Gasteiger partial charge in [-0.15, -0.1) is 11.3 Å². The molecule has 0 amide bonds. The van der Waals surface area contributed by atoms with Crippen LogP contribution in [0.3, 0.4) is 0 Å². The standard InChI is InChI=1S/C18H21F3N2S.C16H22FNO2/c1-12-17(14-6-8-23(2)9-7-14)24-16(22-12)11-13-4-3-5-15(10-13)18(19,20)21;1-16(2,3)14(15(19)20)18-8-7-12(10-18)11-5-4-6-13(17)9-11/h3-5,10,14H,6-9,11H2,1-2H3;4-6,9,12,14H,7-8,10H2,1-3H3,(H,19,20). The number of aromatic nitrogens is 1. The van der Waals surface area contributed by atoms with Gasteiger partial charge in [-0.05, 0) is 99.4 Å². The molecule has 0 bridgehead atoms. The molecule has 44 heavy (non-hydrogen) atoms. The molecule has 2 fully saturated rings. The van der Waals surface area contributed by atoms with Crippen molar-refractivity contribution in [2.45, 2.75) is 77.4 Å². The smallest absolute Gasteiger partial charge is 0.416 e. The lowest BCUT2D eigenvalue weighted by Gasteiger charge is -2.34. The van der Waals surface area contributed by atoms with Gasteiger partial charge in [0, 0.05) is 17.8 Å². The van der Waals surface area contributed by atoms with Gasteiger partial charge in [0.25, 0.3) is 0 Å². The maximum Gasteiger partial charge on any atom is 0.416 e. The monoisotopic (exact) mass is 633 g/mol. The van der Waals surface area contributed by atoms with Gasteiger partial charge in [-0.1, -0.05) is 51.1 Å². The Morgan fingerprint density at radius 3 is 2.30 bits per heavy atom. The van der Waals surface area contributed by atoms with Crippen molar-refractivity contribution in [2.24, 2.45) is 5.41 Å². The van der Waals surface area contributed by atoms with Crippen LogP contribution in [0.25, 0.3) is 0 Å². The molecule has 5 rings (SSSR count). The number of carboxylic acid groups (broad SMARTS) is 1. The van der Waals surface area contributed by atoms with Gasteiger partial charge < -0.3 is 10.0 Å². The summed E-state index contributed by atoms with van der Waals surface area (Å²) >= 11 is 1.66. The number of thiazole rings is 1. The van der Waals surface area contributed by atoms with Crippen LogP contribution in [0.15, 0.2) is 48.5 Å². The highest BCUT2D eigenvalue weighted by atomic mass is 32.1. The Morgan fingerprint density at radius 2 is 1.68 bits per heavy atom. The first-order valence-corrected chi connectivity index (χ1v) is 16.0. The lowest BCUT2D eigenvalue weighted by Crippen LogP contribution is -2.48. The first-order valence-electron chi connectivity index (χ1n) is 15.1. The minimum absolute atomic E-state index is 0.217. The Labute approximate surface area is 261 Å². The number of piperidine rings is 1. The summed E-state index contributed by atoms with van der Waals surface area (Å²) in [5, 5.41) is 10.4. The van der Waals surface area contributed by atoms with E-state index >= 15 is 0 Å². The number of nitrogens with zero attached hydrogens (tertiary/aromatic N) is 3. The second-order valence-electron chi connectivity index (χ2n) is 13.2. The van der Waals surface area contributed by atoms with E-state index in [2.05, 4.69) is 16.9 Å². The molecule has 2 atom stereocenters. The number of rotatable bonds is 6. The molecular weight excluding hydrogens is 590 g/mol. The van der Waals surface area contributed by atoms with Crippen LogP contribution >= 0.6 is 11.3 Å². The third-order valence-corrected chi connectivity index (χ3v) is 9.85. The van der Waals surface area contributed by atoms with E-state index in [-0.39, 0.29) is 17.2 Å². The molecule has 2 saturated heterocycles. The molecule has 0 spiro atoms. The molecular formula is C34H43F4N3O2S. The SMILES string of the molecule is CC(C)(C)C(C(=O)O)N1CCC(c2cccc(F)c2)C1.Cc1nc(Cc2cccc(C(F)(F)F)c2)sc1C1CCN(C)CC1. The van der Waals surface area contributed by atoms with Crippen LogP contribution in [0.4, 0.5) is 17.6 Å². The average molecular weight is 634 g/mol. The van der Waals surface area contributed by atoms with Gasteiger partial charge in [0.2, 0.25) is 0 Å². The van der Waals surface area contributed by atoms with E-state index in [1.807, 2.05) is 38.7 Å². The van der Waals surface area contributed by atoms with Crippen molar-refractivity contribution in [3.8, 4) is 0 Å². The van der Waals surface area contributed by atoms with Crippen LogP contribution in [0.5, 0.6) is 0 Å². The minimum Gasteiger partial charge on any atom is -0.480 e. The predicted molar refractivity (Wildman–Crippen MR) is 167 cm³/mol. The van der Waals surface area contributed by atoms with Crippen molar-refractivity contribution >= 4 is 17.3 Å². The third kappa shape index (κ3) is 8.88. The van der Waals surface area contributed by atoms with Gasteiger partial charge in [-0.25, -0.2) is 9.37 Å². The molecule has 2 aliphatic rings. The summed E-state index contributed by atoms with van der Waals surface area (Å²) in [6, 6.07) is 11.7. The number of carbonyl (C=O) groups is 1. The molecule has 1 N–H and O–H groups in total. The summed E-state index contributed by atoms with van der Waals surface area (Å²) in [6.45, 7) is 11.5. The summed E-state index contributed by atoms with van der Waals surface area (Å²) in [7, 11) is 2.13. The minimum atomic E-state index is -4.30. The molecule has 1 aromatic heterocycles. The van der Waals surface area contributed by atoms with Crippen molar-refractivity contribution in [3.05, 3.63) is 86.6 Å². The van der Waals surface area contributed by atoms with E-state index in [1.54, 1.807) is 29.5 Å². The number of carboxylic acids is 1. The van der Waals surface area contributed by atoms with E-state index in [9.17, 15) is 27.5 Å². The average Bonchev–Trinajstić information content (AvgIpc) is 3.55. The van der Waals surface area contributed by atoms with Crippen molar-refractivity contribution in [1.82, 2.24) is 14.8 Å². The summed E-state index contributed by atoms with van der Waals surface area (Å²) in [5.74, 6) is -0.257. The Bertz CT molecular complexity index is 1410. The number of hydrogen-bond acceptors (Lipinski definition) is 5. The van der Waals surface area contributed by atoms with E-state index in [0.717, 1.165) is 61.2 Å². The summed E-state index contributed by atoms with van der Waals surface area (Å²) in [5.41, 5.74) is 1.75. The fraction of sp³-hybridized carbons (Fsp3) is 0.529. The van der Waals surface area contributed by atoms with Crippen LogP contribution in [-0.2, 0) is 17.4 Å². The van der Waals surface area contributed by atoms with Gasteiger partial charge in [0.1, 0.15) is 11.9 Å². The lowest BCUT2D eigenvalue weighted by molar-refractivity contribution is -0.147. The van der Waals surface area contributed by atoms with E-state index in [4.69, 9.17) is 0 Å². The summed E-state index contributed by atoms with van der Waals surface area (Å²) in [4.78, 5) is 21.8. The maximum absolute atomic E-state index is 13.3. The zero-order valence-corrected chi connectivity index (χ0v) is 26.9. The Kier molecular flexibility index (Phi) is 10.9.